The number of allylic oxidation sites excluding steroid dienone is 1. The number of aromatic nitrogens is 3. The molecule has 2 bridgehead atoms. The van der Waals surface area contributed by atoms with Crippen LogP contribution in [0.5, 0.6) is 5.75 Å². The molecule has 1 N–H and O–H groups in total. The Labute approximate surface area is 334 Å². The highest BCUT2D eigenvalue weighted by atomic mass is 35.5. The number of nitrogens with one attached hydrogen (secondary N) is 1. The number of halogens is 1. The highest BCUT2D eigenvalue weighted by molar-refractivity contribution is 7.92. The topological polar surface area (TPSA) is 120 Å². The van der Waals surface area contributed by atoms with Gasteiger partial charge in [0.1, 0.15) is 15.7 Å². The van der Waals surface area contributed by atoms with E-state index in [9.17, 15) is 13.8 Å². The molecule has 0 spiro atoms. The van der Waals surface area contributed by atoms with E-state index in [-0.39, 0.29) is 23.7 Å². The first-order valence-electron chi connectivity index (χ1n) is 19.8. The Morgan fingerprint density at radius 2 is 2.02 bits per heavy atom. The molecule has 1 saturated carbocycles. The van der Waals surface area contributed by atoms with Gasteiger partial charge in [-0.3, -0.25) is 19.0 Å². The first-order valence-corrected chi connectivity index (χ1v) is 21.9. The maximum atomic E-state index is 14.8. The number of carbonyl (C=O) groups excluding carboxylic acids is 2. The van der Waals surface area contributed by atoms with Gasteiger partial charge in [0.05, 0.1) is 41.6 Å². The molecule has 3 aliphatic heterocycles. The van der Waals surface area contributed by atoms with Crippen LogP contribution in [0.25, 0.3) is 11.3 Å². The summed E-state index contributed by atoms with van der Waals surface area (Å²) in [5, 5.41) is 5.16. The normalized spacial score (nSPS) is 26.7. The largest absolute Gasteiger partial charge is 0.491 e. The molecular weight excluding hydrogens is 748 g/mol. The average molecular weight is 799 g/mol. The van der Waals surface area contributed by atoms with Crippen LogP contribution in [-0.2, 0) is 41.1 Å². The van der Waals surface area contributed by atoms with Crippen molar-refractivity contribution < 1.29 is 23.3 Å². The molecule has 0 radical (unpaired) electrons. The Hall–Kier alpha value is -4.39. The summed E-state index contributed by atoms with van der Waals surface area (Å²) in [6.07, 6.45) is 14.2. The van der Waals surface area contributed by atoms with Gasteiger partial charge >= 0.3 is 0 Å². The lowest BCUT2D eigenvalue weighted by molar-refractivity contribution is 0.0133. The third kappa shape index (κ3) is 8.19. The van der Waals surface area contributed by atoms with Crippen LogP contribution in [0.4, 0.5) is 5.69 Å². The minimum Gasteiger partial charge on any atom is -0.491 e. The van der Waals surface area contributed by atoms with Crippen molar-refractivity contribution in [1.82, 2.24) is 19.1 Å². The van der Waals surface area contributed by atoms with E-state index in [2.05, 4.69) is 37.3 Å². The number of benzene rings is 2. The predicted octanol–water partition coefficient (Wildman–Crippen LogP) is 7.53. The molecule has 2 amide bonds. The second-order valence-corrected chi connectivity index (χ2v) is 18.5. The van der Waals surface area contributed by atoms with E-state index in [0.29, 0.717) is 42.5 Å². The van der Waals surface area contributed by atoms with E-state index < -0.39 is 21.7 Å². The number of ether oxygens (including phenoxy) is 2. The van der Waals surface area contributed by atoms with E-state index in [4.69, 9.17) is 21.1 Å². The van der Waals surface area contributed by atoms with E-state index in [1.807, 2.05) is 59.7 Å². The first kappa shape index (κ1) is 38.5. The van der Waals surface area contributed by atoms with E-state index in [1.54, 1.807) is 25.4 Å². The molecule has 0 saturated heterocycles. The predicted molar refractivity (Wildman–Crippen MR) is 220 cm³/mol. The standard InChI is InChI=1S/C43H51ClN6O5S/c1-28-7-4-12-40(54-3)35-15-13-32(35)24-50-23-30(10-5-8-29-9-6-11-34(44)19-29)26-55-41-16-14-31(20-39(41)50)42(51)46-56(53,27-28)47-43(52)33-21-38-36-22-45-48(2)37(36)17-18-49(38)25-33/h4,6,9,11-12,14,16,19-22,25,28,30,32,35,40H,5,7-8,10,13,15,17-18,23-24,26-27H2,1-3H3,(H,46,47,51,52,53)/b12-4+/t28-,30+,32-,35+,40-,56?/m0/s1. The minimum absolute atomic E-state index is 0.00981. The van der Waals surface area contributed by atoms with Crippen LogP contribution in [0.15, 0.2) is 77.4 Å². The smallest absolute Gasteiger partial charge is 0.286 e. The number of fused-ring (bicyclic) bond motifs is 5. The van der Waals surface area contributed by atoms with Gasteiger partial charge in [-0.05, 0) is 98.2 Å². The second kappa shape index (κ2) is 16.2. The molecule has 4 aromatic rings. The number of hydrogen-bond donors (Lipinski definition) is 1. The maximum Gasteiger partial charge on any atom is 0.286 e. The molecule has 2 aromatic heterocycles. The van der Waals surface area contributed by atoms with Gasteiger partial charge in [0.2, 0.25) is 0 Å². The highest BCUT2D eigenvalue weighted by Crippen LogP contribution is 2.42. The molecule has 1 aliphatic carbocycles. The number of methoxy groups -OCH3 is 1. The van der Waals surface area contributed by atoms with Crippen molar-refractivity contribution in [1.29, 1.82) is 0 Å². The van der Waals surface area contributed by atoms with Crippen LogP contribution in [0.1, 0.15) is 71.0 Å². The average Bonchev–Trinajstić information content (AvgIpc) is 3.72. The van der Waals surface area contributed by atoms with Gasteiger partial charge in [0, 0.05) is 74.2 Å². The summed E-state index contributed by atoms with van der Waals surface area (Å²) in [6.45, 7) is 4.82. The molecule has 8 rings (SSSR count). The Kier molecular flexibility index (Phi) is 11.2. The van der Waals surface area contributed by atoms with Crippen molar-refractivity contribution in [2.24, 2.45) is 35.1 Å². The van der Waals surface area contributed by atoms with Crippen LogP contribution in [0.2, 0.25) is 5.02 Å². The summed E-state index contributed by atoms with van der Waals surface area (Å²) in [6, 6.07) is 15.2. The second-order valence-electron chi connectivity index (χ2n) is 16.1. The Morgan fingerprint density at radius 1 is 1.14 bits per heavy atom. The van der Waals surface area contributed by atoms with Crippen molar-refractivity contribution in [3.8, 4) is 17.0 Å². The molecule has 2 aromatic carbocycles. The van der Waals surface area contributed by atoms with Gasteiger partial charge in [0.25, 0.3) is 11.8 Å². The fourth-order valence-electron chi connectivity index (χ4n) is 8.90. The van der Waals surface area contributed by atoms with Crippen molar-refractivity contribution >= 4 is 39.0 Å². The van der Waals surface area contributed by atoms with Crippen molar-refractivity contribution in [2.45, 2.75) is 64.5 Å². The number of carbonyl (C=O) groups is 2. The lowest BCUT2D eigenvalue weighted by atomic mass is 9.70. The molecular formula is C43H51ClN6O5S. The third-order valence-electron chi connectivity index (χ3n) is 12.0. The number of nitrogens with zero attached hydrogens (tertiary/aromatic N) is 5. The Morgan fingerprint density at radius 3 is 2.82 bits per heavy atom. The number of hydrogen-bond acceptors (Lipinski definition) is 7. The summed E-state index contributed by atoms with van der Waals surface area (Å²) in [5.74, 6) is 0.454. The molecule has 4 aliphatic rings. The number of anilines is 1. The summed E-state index contributed by atoms with van der Waals surface area (Å²) < 4.78 is 38.2. The van der Waals surface area contributed by atoms with Crippen LogP contribution in [-0.4, -0.2) is 69.0 Å². The molecule has 56 heavy (non-hydrogen) atoms. The van der Waals surface area contributed by atoms with Crippen molar-refractivity contribution in [2.75, 3.05) is 37.5 Å². The lowest BCUT2D eigenvalue weighted by Gasteiger charge is -2.43. The van der Waals surface area contributed by atoms with Gasteiger partial charge in [-0.2, -0.15) is 5.10 Å². The summed E-state index contributed by atoms with van der Waals surface area (Å²) in [4.78, 5) is 30.3. The molecule has 296 valence electrons. The van der Waals surface area contributed by atoms with Crippen LogP contribution in [0.3, 0.4) is 0 Å². The fourth-order valence-corrected chi connectivity index (χ4v) is 11.0. The number of amides is 2. The zero-order chi connectivity index (χ0) is 39.0. The molecule has 6 atom stereocenters. The molecule has 11 nitrogen and oxygen atoms in total. The minimum atomic E-state index is -3.55. The number of aryl methyl sites for hydroxylation is 3. The maximum absolute atomic E-state index is 14.8. The Balaban J connectivity index is 1.09. The molecule has 13 heteroatoms. The van der Waals surface area contributed by atoms with Gasteiger partial charge in [-0.1, -0.05) is 42.8 Å². The fraction of sp³-hybridized carbons (Fsp3) is 0.465. The molecule has 1 fully saturated rings. The molecule has 5 heterocycles. The monoisotopic (exact) mass is 798 g/mol. The highest BCUT2D eigenvalue weighted by Gasteiger charge is 2.39. The van der Waals surface area contributed by atoms with Gasteiger partial charge < -0.3 is 18.9 Å². The summed E-state index contributed by atoms with van der Waals surface area (Å²) >= 11 is 6.26. The van der Waals surface area contributed by atoms with Crippen LogP contribution >= 0.6 is 11.6 Å². The Bertz CT molecular complexity index is 2270. The van der Waals surface area contributed by atoms with Crippen molar-refractivity contribution in [3.63, 3.8) is 0 Å². The van der Waals surface area contributed by atoms with E-state index in [0.717, 1.165) is 85.0 Å². The van der Waals surface area contributed by atoms with Gasteiger partial charge in [-0.25, -0.2) is 4.21 Å². The third-order valence-corrected chi connectivity index (χ3v) is 14.3. The SMILES string of the molecule is CO[C@H]1/C=C/C[C@H](C)CS(=O)(NC(=O)c2cc3n(c2)CCc2c-3cnn2C)=NC(=O)c2ccc3c(c2)N(C[C@@H](CCCc2cccc(Cl)c2)CO3)C[C@@H]2CC[C@H]21. The molecule has 1 unspecified atom stereocenters. The van der Waals surface area contributed by atoms with E-state index in [1.165, 1.54) is 5.56 Å². The van der Waals surface area contributed by atoms with Crippen LogP contribution < -0.4 is 14.4 Å². The first-order chi connectivity index (χ1) is 27.1. The number of rotatable bonds is 7. The lowest BCUT2D eigenvalue weighted by Crippen LogP contribution is -2.44. The van der Waals surface area contributed by atoms with Gasteiger partial charge in [0.15, 0.2) is 0 Å². The van der Waals surface area contributed by atoms with Gasteiger partial charge in [-0.15, -0.1) is 4.36 Å². The zero-order valence-corrected chi connectivity index (χ0v) is 33.9. The zero-order valence-electron chi connectivity index (χ0n) is 32.4. The van der Waals surface area contributed by atoms with E-state index >= 15 is 0 Å². The summed E-state index contributed by atoms with van der Waals surface area (Å²) in [7, 11) is 0.131. The quantitative estimate of drug-likeness (QED) is 0.192. The van der Waals surface area contributed by atoms with Crippen molar-refractivity contribution in [3.05, 3.63) is 100 Å². The van der Waals surface area contributed by atoms with Crippen LogP contribution in [0, 0.1) is 23.7 Å². The summed E-state index contributed by atoms with van der Waals surface area (Å²) in [5.41, 5.74) is 5.68.